The molecule has 5 nitrogen and oxygen atoms in total. The number of nitrogens with one attached hydrogen (secondary N) is 2. The number of benzene rings is 1. The molecule has 1 aromatic rings. The zero-order valence-electron chi connectivity index (χ0n) is 12.4. The Morgan fingerprint density at radius 3 is 2.67 bits per heavy atom. The van der Waals surface area contributed by atoms with Crippen molar-refractivity contribution in [2.75, 3.05) is 24.1 Å². The molecule has 4 N–H and O–H groups in total. The van der Waals surface area contributed by atoms with Gasteiger partial charge in [0.1, 0.15) is 11.4 Å². The number of halogens is 2. The molecule has 21 heavy (non-hydrogen) atoms. The molecule has 7 heteroatoms. The highest BCUT2D eigenvalue weighted by Gasteiger charge is 2.15. The third-order valence-electron chi connectivity index (χ3n) is 2.43. The van der Waals surface area contributed by atoms with Crippen molar-refractivity contribution >= 4 is 33.4 Å². The Morgan fingerprint density at radius 2 is 2.05 bits per heavy atom. The van der Waals surface area contributed by atoms with E-state index in [1.165, 1.54) is 6.07 Å². The first-order chi connectivity index (χ1) is 9.69. The number of rotatable bonds is 5. The lowest BCUT2D eigenvalue weighted by molar-refractivity contribution is 0.0528. The van der Waals surface area contributed by atoms with Gasteiger partial charge in [-0.1, -0.05) is 0 Å². The first-order valence-electron chi connectivity index (χ1n) is 6.64. The summed E-state index contributed by atoms with van der Waals surface area (Å²) >= 11 is 3.11. The predicted molar refractivity (Wildman–Crippen MR) is 85.9 cm³/mol. The van der Waals surface area contributed by atoms with Gasteiger partial charge in [0, 0.05) is 19.2 Å². The molecule has 0 unspecified atom stereocenters. The number of hydrogen-bond donors (Lipinski definition) is 3. The van der Waals surface area contributed by atoms with Crippen LogP contribution in [-0.4, -0.2) is 24.8 Å². The van der Waals surface area contributed by atoms with Crippen LogP contribution in [0.2, 0.25) is 0 Å². The van der Waals surface area contributed by atoms with Crippen molar-refractivity contribution < 1.29 is 13.9 Å². The van der Waals surface area contributed by atoms with Gasteiger partial charge in [0.15, 0.2) is 0 Å². The molecule has 0 heterocycles. The Balaban J connectivity index is 2.29. The highest BCUT2D eigenvalue weighted by atomic mass is 79.9. The van der Waals surface area contributed by atoms with Crippen LogP contribution in [0.25, 0.3) is 0 Å². The molecule has 0 atom stereocenters. The molecule has 0 radical (unpaired) electrons. The van der Waals surface area contributed by atoms with E-state index in [4.69, 9.17) is 10.5 Å². The van der Waals surface area contributed by atoms with E-state index in [1.807, 2.05) is 20.8 Å². The molecule has 0 saturated heterocycles. The van der Waals surface area contributed by atoms with Crippen LogP contribution in [0.1, 0.15) is 27.2 Å². The summed E-state index contributed by atoms with van der Waals surface area (Å²) in [7, 11) is 0. The summed E-state index contributed by atoms with van der Waals surface area (Å²) in [6.45, 7) is 6.50. The van der Waals surface area contributed by atoms with Crippen LogP contribution in [0.5, 0.6) is 0 Å². The van der Waals surface area contributed by atoms with E-state index in [9.17, 15) is 9.18 Å². The number of amides is 1. The second-order valence-corrected chi connectivity index (χ2v) is 6.42. The van der Waals surface area contributed by atoms with Gasteiger partial charge in [-0.25, -0.2) is 9.18 Å². The van der Waals surface area contributed by atoms with E-state index in [0.29, 0.717) is 35.4 Å². The lowest BCUT2D eigenvalue weighted by Crippen LogP contribution is -2.33. The maximum Gasteiger partial charge on any atom is 0.407 e. The fourth-order valence-corrected chi connectivity index (χ4v) is 1.87. The van der Waals surface area contributed by atoms with Crippen molar-refractivity contribution in [2.45, 2.75) is 32.8 Å². The monoisotopic (exact) mass is 361 g/mol. The van der Waals surface area contributed by atoms with Gasteiger partial charge < -0.3 is 21.1 Å². The Hall–Kier alpha value is -1.50. The Labute approximate surface area is 132 Å². The van der Waals surface area contributed by atoms with Crippen LogP contribution < -0.4 is 16.4 Å². The molecular weight excluding hydrogens is 341 g/mol. The van der Waals surface area contributed by atoms with E-state index in [0.717, 1.165) is 0 Å². The van der Waals surface area contributed by atoms with Crippen LogP contribution in [0.3, 0.4) is 0 Å². The minimum absolute atomic E-state index is 0.343. The summed E-state index contributed by atoms with van der Waals surface area (Å²) in [6, 6.07) is 2.84. The SMILES string of the molecule is CC(C)(C)OC(=O)NCCCNc1cc(Br)c(F)cc1N. The average Bonchev–Trinajstić information content (AvgIpc) is 2.32. The summed E-state index contributed by atoms with van der Waals surface area (Å²) in [5, 5.41) is 5.75. The summed E-state index contributed by atoms with van der Waals surface area (Å²) in [4.78, 5) is 11.4. The molecule has 0 aliphatic carbocycles. The van der Waals surface area contributed by atoms with E-state index in [1.54, 1.807) is 6.07 Å². The molecule has 1 amide bonds. The number of nitrogen functional groups attached to an aromatic ring is 1. The van der Waals surface area contributed by atoms with Gasteiger partial charge in [-0.05, 0) is 49.2 Å². The number of carbonyl (C=O) groups is 1. The third-order valence-corrected chi connectivity index (χ3v) is 3.04. The molecule has 0 spiro atoms. The second kappa shape index (κ2) is 7.49. The zero-order valence-corrected chi connectivity index (χ0v) is 14.0. The smallest absolute Gasteiger partial charge is 0.407 e. The Bertz CT molecular complexity index is 504. The summed E-state index contributed by atoms with van der Waals surface area (Å²) in [6.07, 6.45) is 0.250. The maximum atomic E-state index is 13.2. The molecule has 0 saturated carbocycles. The summed E-state index contributed by atoms with van der Waals surface area (Å²) in [5.41, 5.74) is 6.20. The molecule has 0 aromatic heterocycles. The van der Waals surface area contributed by atoms with Crippen molar-refractivity contribution in [1.29, 1.82) is 0 Å². The van der Waals surface area contributed by atoms with Crippen molar-refractivity contribution in [2.24, 2.45) is 0 Å². The van der Waals surface area contributed by atoms with Gasteiger partial charge in [0.2, 0.25) is 0 Å². The highest BCUT2D eigenvalue weighted by Crippen LogP contribution is 2.26. The van der Waals surface area contributed by atoms with E-state index >= 15 is 0 Å². The van der Waals surface area contributed by atoms with E-state index in [2.05, 4.69) is 26.6 Å². The molecular formula is C14H21BrFN3O2. The summed E-state index contributed by atoms with van der Waals surface area (Å²) in [5.74, 6) is -0.398. The standard InChI is InChI=1S/C14H21BrFN3O2/c1-14(2,3)21-13(20)19-6-4-5-18-12-7-9(15)10(16)8-11(12)17/h7-8,18H,4-6,17H2,1-3H3,(H,19,20). The van der Waals surface area contributed by atoms with Crippen LogP contribution in [0, 0.1) is 5.82 Å². The van der Waals surface area contributed by atoms with E-state index in [-0.39, 0.29) is 0 Å². The first kappa shape index (κ1) is 17.6. The molecule has 118 valence electrons. The molecule has 0 fully saturated rings. The van der Waals surface area contributed by atoms with E-state index < -0.39 is 17.5 Å². The molecule has 1 aromatic carbocycles. The van der Waals surface area contributed by atoms with Gasteiger partial charge in [-0.2, -0.15) is 0 Å². The topological polar surface area (TPSA) is 76.4 Å². The number of anilines is 2. The lowest BCUT2D eigenvalue weighted by Gasteiger charge is -2.19. The molecule has 0 aliphatic rings. The Kier molecular flexibility index (Phi) is 6.26. The molecule has 1 rings (SSSR count). The van der Waals surface area contributed by atoms with Crippen molar-refractivity contribution in [3.05, 3.63) is 22.4 Å². The van der Waals surface area contributed by atoms with Crippen molar-refractivity contribution in [3.8, 4) is 0 Å². The van der Waals surface area contributed by atoms with Gasteiger partial charge >= 0.3 is 6.09 Å². The number of hydrogen-bond acceptors (Lipinski definition) is 4. The van der Waals surface area contributed by atoms with Crippen LogP contribution in [0.4, 0.5) is 20.6 Å². The number of ether oxygens (including phenoxy) is 1. The number of alkyl carbamates (subject to hydrolysis) is 1. The lowest BCUT2D eigenvalue weighted by atomic mass is 10.2. The largest absolute Gasteiger partial charge is 0.444 e. The second-order valence-electron chi connectivity index (χ2n) is 5.56. The molecule has 0 bridgehead atoms. The minimum atomic E-state index is -0.503. The Morgan fingerprint density at radius 1 is 1.38 bits per heavy atom. The van der Waals surface area contributed by atoms with Crippen molar-refractivity contribution in [3.63, 3.8) is 0 Å². The third kappa shape index (κ3) is 6.66. The van der Waals surface area contributed by atoms with Gasteiger partial charge in [0.25, 0.3) is 0 Å². The fourth-order valence-electron chi connectivity index (χ4n) is 1.53. The number of carbonyl (C=O) groups excluding carboxylic acids is 1. The van der Waals surface area contributed by atoms with Gasteiger partial charge in [-0.3, -0.25) is 0 Å². The summed E-state index contributed by atoms with van der Waals surface area (Å²) < 4.78 is 18.7. The normalized spacial score (nSPS) is 11.1. The van der Waals surface area contributed by atoms with Gasteiger partial charge in [0.05, 0.1) is 15.8 Å². The fraction of sp³-hybridized carbons (Fsp3) is 0.500. The first-order valence-corrected chi connectivity index (χ1v) is 7.43. The quantitative estimate of drug-likeness (QED) is 0.554. The van der Waals surface area contributed by atoms with Crippen LogP contribution >= 0.6 is 15.9 Å². The van der Waals surface area contributed by atoms with Crippen LogP contribution in [0.15, 0.2) is 16.6 Å². The molecule has 0 aliphatic heterocycles. The number of nitrogens with two attached hydrogens (primary N) is 1. The predicted octanol–water partition coefficient (Wildman–Crippen LogP) is 3.50. The highest BCUT2D eigenvalue weighted by molar-refractivity contribution is 9.10. The minimum Gasteiger partial charge on any atom is -0.444 e. The average molecular weight is 362 g/mol. The maximum absolute atomic E-state index is 13.2. The van der Waals surface area contributed by atoms with Crippen LogP contribution in [-0.2, 0) is 4.74 Å². The van der Waals surface area contributed by atoms with Gasteiger partial charge in [-0.15, -0.1) is 0 Å². The van der Waals surface area contributed by atoms with Crippen molar-refractivity contribution in [1.82, 2.24) is 5.32 Å². The zero-order chi connectivity index (χ0) is 16.0.